The van der Waals surface area contributed by atoms with Crippen LogP contribution in [-0.2, 0) is 4.79 Å². The zero-order chi connectivity index (χ0) is 18.4. The Labute approximate surface area is 151 Å². The largest absolute Gasteiger partial charge is 0.504 e. The van der Waals surface area contributed by atoms with Gasteiger partial charge in [-0.25, -0.2) is 5.43 Å². The number of phenolic OH excluding ortho intramolecular Hbond substituents is 1. The van der Waals surface area contributed by atoms with Crippen molar-refractivity contribution in [2.75, 3.05) is 13.7 Å². The number of carbonyl (C=O) groups excluding carboxylic acids is 1. The van der Waals surface area contributed by atoms with Crippen LogP contribution < -0.4 is 14.9 Å². The Hall–Kier alpha value is -2.73. The minimum atomic E-state index is -0.428. The number of halogens is 1. The summed E-state index contributed by atoms with van der Waals surface area (Å²) in [6, 6.07) is 8.57. The summed E-state index contributed by atoms with van der Waals surface area (Å²) in [6.07, 6.45) is 1.28. The van der Waals surface area contributed by atoms with Gasteiger partial charge in [0.25, 0.3) is 5.91 Å². The van der Waals surface area contributed by atoms with Crippen LogP contribution in [0.15, 0.2) is 35.4 Å². The number of hydrazone groups is 1. The van der Waals surface area contributed by atoms with Crippen LogP contribution in [0.5, 0.6) is 17.2 Å². The molecule has 0 atom stereocenters. The maximum Gasteiger partial charge on any atom is 0.277 e. The van der Waals surface area contributed by atoms with Crippen LogP contribution in [0.4, 0.5) is 0 Å². The van der Waals surface area contributed by atoms with Crippen LogP contribution in [0.2, 0.25) is 5.02 Å². The van der Waals surface area contributed by atoms with Crippen LogP contribution in [0.3, 0.4) is 0 Å². The summed E-state index contributed by atoms with van der Waals surface area (Å²) in [7, 11) is 1.41. The smallest absolute Gasteiger partial charge is 0.277 e. The predicted molar refractivity (Wildman–Crippen MR) is 96.8 cm³/mol. The maximum absolute atomic E-state index is 11.8. The molecule has 0 spiro atoms. The molecule has 7 heteroatoms. The molecule has 2 aromatic rings. The summed E-state index contributed by atoms with van der Waals surface area (Å²) in [5.41, 5.74) is 4.88. The van der Waals surface area contributed by atoms with Crippen LogP contribution in [0.25, 0.3) is 0 Å². The lowest BCUT2D eigenvalue weighted by molar-refractivity contribution is -0.123. The second-order valence-electron chi connectivity index (χ2n) is 5.37. The highest BCUT2D eigenvalue weighted by Gasteiger charge is 2.08. The van der Waals surface area contributed by atoms with E-state index in [4.69, 9.17) is 21.1 Å². The molecule has 6 nitrogen and oxygen atoms in total. The van der Waals surface area contributed by atoms with Gasteiger partial charge in [0.05, 0.1) is 13.3 Å². The highest BCUT2D eigenvalue weighted by Crippen LogP contribution is 2.32. The van der Waals surface area contributed by atoms with Gasteiger partial charge >= 0.3 is 0 Å². The summed E-state index contributed by atoms with van der Waals surface area (Å²) >= 11 is 5.92. The van der Waals surface area contributed by atoms with E-state index in [0.29, 0.717) is 16.3 Å². The molecule has 0 fully saturated rings. The van der Waals surface area contributed by atoms with E-state index in [1.807, 2.05) is 26.0 Å². The van der Waals surface area contributed by atoms with Gasteiger partial charge < -0.3 is 14.6 Å². The van der Waals surface area contributed by atoms with E-state index in [1.165, 1.54) is 25.5 Å². The molecule has 0 aliphatic carbocycles. The molecule has 0 aromatic heterocycles. The van der Waals surface area contributed by atoms with Crippen molar-refractivity contribution in [3.8, 4) is 17.2 Å². The Bertz CT molecular complexity index is 806. The fourth-order valence-electron chi connectivity index (χ4n) is 2.01. The number of benzene rings is 2. The quantitative estimate of drug-likeness (QED) is 0.611. The van der Waals surface area contributed by atoms with Gasteiger partial charge in [0.15, 0.2) is 18.1 Å². The Morgan fingerprint density at radius 3 is 2.72 bits per heavy atom. The molecule has 25 heavy (non-hydrogen) atoms. The van der Waals surface area contributed by atoms with Gasteiger partial charge in [-0.05, 0) is 43.2 Å². The maximum atomic E-state index is 11.8. The zero-order valence-corrected chi connectivity index (χ0v) is 14.9. The number of hydrogen-bond donors (Lipinski definition) is 2. The number of ether oxygens (including phenoxy) is 2. The average molecular weight is 363 g/mol. The first-order valence-electron chi connectivity index (χ1n) is 7.49. The molecule has 0 heterocycles. The molecular weight excluding hydrogens is 344 g/mol. The van der Waals surface area contributed by atoms with Gasteiger partial charge in [-0.1, -0.05) is 17.7 Å². The van der Waals surface area contributed by atoms with Gasteiger partial charge in [-0.3, -0.25) is 4.79 Å². The van der Waals surface area contributed by atoms with Gasteiger partial charge in [-0.2, -0.15) is 5.10 Å². The van der Waals surface area contributed by atoms with Crippen LogP contribution >= 0.6 is 11.6 Å². The van der Waals surface area contributed by atoms with Gasteiger partial charge in [-0.15, -0.1) is 0 Å². The SMILES string of the molecule is COc1cc(Cl)cc(C=NNC(=O)COc2ccc(C)c(C)c2)c1O. The van der Waals surface area contributed by atoms with Gasteiger partial charge in [0.1, 0.15) is 5.75 Å². The average Bonchev–Trinajstić information content (AvgIpc) is 2.58. The van der Waals surface area contributed by atoms with E-state index in [9.17, 15) is 9.90 Å². The monoisotopic (exact) mass is 362 g/mol. The highest BCUT2D eigenvalue weighted by molar-refractivity contribution is 6.31. The summed E-state index contributed by atoms with van der Waals surface area (Å²) in [4.78, 5) is 11.8. The third-order valence-corrected chi connectivity index (χ3v) is 3.75. The van der Waals surface area contributed by atoms with Crippen molar-refractivity contribution < 1.29 is 19.4 Å². The van der Waals surface area contributed by atoms with Crippen molar-refractivity contribution in [2.45, 2.75) is 13.8 Å². The Balaban J connectivity index is 1.92. The molecule has 0 unspecified atom stereocenters. The molecule has 132 valence electrons. The molecular formula is C18H19ClN2O4. The van der Waals surface area contributed by atoms with E-state index in [1.54, 1.807) is 6.07 Å². The van der Waals surface area contributed by atoms with Gasteiger partial charge in [0, 0.05) is 16.7 Å². The van der Waals surface area contributed by atoms with E-state index in [-0.39, 0.29) is 18.1 Å². The topological polar surface area (TPSA) is 80.2 Å². The minimum Gasteiger partial charge on any atom is -0.504 e. The van der Waals surface area contributed by atoms with Crippen LogP contribution in [-0.4, -0.2) is 30.9 Å². The third kappa shape index (κ3) is 5.12. The second-order valence-corrected chi connectivity index (χ2v) is 5.81. The predicted octanol–water partition coefficient (Wildman–Crippen LogP) is 3.20. The molecule has 0 aliphatic rings. The van der Waals surface area contributed by atoms with Crippen LogP contribution in [0, 0.1) is 13.8 Å². The number of hydrogen-bond acceptors (Lipinski definition) is 5. The molecule has 2 N–H and O–H groups in total. The van der Waals surface area contributed by atoms with E-state index >= 15 is 0 Å². The number of phenols is 1. The Morgan fingerprint density at radius 2 is 2.04 bits per heavy atom. The van der Waals surface area contributed by atoms with Gasteiger partial charge in [0.2, 0.25) is 0 Å². The fraction of sp³-hybridized carbons (Fsp3) is 0.222. The summed E-state index contributed by atoms with van der Waals surface area (Å²) in [5.74, 6) is 0.289. The molecule has 0 saturated carbocycles. The fourth-order valence-corrected chi connectivity index (χ4v) is 2.22. The van der Waals surface area contributed by atoms with E-state index in [2.05, 4.69) is 10.5 Å². The molecule has 0 saturated heterocycles. The molecule has 1 amide bonds. The van der Waals surface area contributed by atoms with Crippen molar-refractivity contribution in [2.24, 2.45) is 5.10 Å². The number of nitrogens with zero attached hydrogens (tertiary/aromatic N) is 1. The summed E-state index contributed by atoms with van der Waals surface area (Å²) in [6.45, 7) is 3.80. The molecule has 0 bridgehead atoms. The second kappa shape index (κ2) is 8.39. The first kappa shape index (κ1) is 18.6. The standard InChI is InChI=1S/C18H19ClN2O4/c1-11-4-5-15(6-12(11)2)25-10-17(22)21-20-9-13-7-14(19)8-16(24-3)18(13)23/h4-9,23H,10H2,1-3H3,(H,21,22). The molecule has 0 aliphatic heterocycles. The Kier molecular flexibility index (Phi) is 6.25. The number of methoxy groups -OCH3 is 1. The molecule has 2 aromatic carbocycles. The van der Waals surface area contributed by atoms with E-state index < -0.39 is 5.91 Å². The van der Waals surface area contributed by atoms with Crippen molar-refractivity contribution >= 4 is 23.7 Å². The highest BCUT2D eigenvalue weighted by atomic mass is 35.5. The first-order valence-corrected chi connectivity index (χ1v) is 7.87. The normalized spacial score (nSPS) is 10.7. The third-order valence-electron chi connectivity index (χ3n) is 3.53. The number of aromatic hydroxyl groups is 1. The Morgan fingerprint density at radius 1 is 1.28 bits per heavy atom. The lowest BCUT2D eigenvalue weighted by Crippen LogP contribution is -2.24. The summed E-state index contributed by atoms with van der Waals surface area (Å²) < 4.78 is 10.4. The van der Waals surface area contributed by atoms with Crippen molar-refractivity contribution in [3.63, 3.8) is 0 Å². The number of amides is 1. The first-order chi connectivity index (χ1) is 11.9. The number of rotatable bonds is 6. The number of aryl methyl sites for hydroxylation is 2. The van der Waals surface area contributed by atoms with Crippen molar-refractivity contribution in [1.82, 2.24) is 5.43 Å². The lowest BCUT2D eigenvalue weighted by Gasteiger charge is -2.08. The summed E-state index contributed by atoms with van der Waals surface area (Å²) in [5, 5.41) is 14.1. The number of carbonyl (C=O) groups is 1. The van der Waals surface area contributed by atoms with Crippen molar-refractivity contribution in [1.29, 1.82) is 0 Å². The lowest BCUT2D eigenvalue weighted by atomic mass is 10.1. The van der Waals surface area contributed by atoms with Crippen molar-refractivity contribution in [3.05, 3.63) is 52.0 Å². The van der Waals surface area contributed by atoms with Crippen LogP contribution in [0.1, 0.15) is 16.7 Å². The van der Waals surface area contributed by atoms with E-state index in [0.717, 1.165) is 11.1 Å². The number of nitrogens with one attached hydrogen (secondary N) is 1. The zero-order valence-electron chi connectivity index (χ0n) is 14.2. The minimum absolute atomic E-state index is 0.115. The molecule has 2 rings (SSSR count). The molecule has 0 radical (unpaired) electrons.